The number of rotatable bonds is 1. The minimum atomic E-state index is -0.946. The Hall–Kier alpha value is -0.610. The number of carboxylic acids is 1. The van der Waals surface area contributed by atoms with Gasteiger partial charge < -0.3 is 15.7 Å². The SMILES string of the molecule is N[C@]1(C(=O)O)CN2CC[C@@H]1C2. The summed E-state index contributed by atoms with van der Waals surface area (Å²) in [5.41, 5.74) is 4.80. The molecule has 0 aromatic rings. The van der Waals surface area contributed by atoms with Crippen molar-refractivity contribution in [1.82, 2.24) is 4.90 Å². The Morgan fingerprint density at radius 2 is 2.45 bits per heavy atom. The van der Waals surface area contributed by atoms with Crippen molar-refractivity contribution >= 4 is 5.97 Å². The highest BCUT2D eigenvalue weighted by Gasteiger charge is 2.52. The predicted octanol–water partition coefficient (Wildman–Crippen LogP) is -0.896. The molecule has 2 aliphatic rings. The lowest BCUT2D eigenvalue weighted by atomic mass is 9.85. The summed E-state index contributed by atoms with van der Waals surface area (Å²) in [5, 5.41) is 8.84. The second-order valence-electron chi connectivity index (χ2n) is 3.57. The van der Waals surface area contributed by atoms with E-state index in [1.54, 1.807) is 0 Å². The molecular weight excluding hydrogens is 144 g/mol. The minimum absolute atomic E-state index is 0.181. The second-order valence-corrected chi connectivity index (χ2v) is 3.57. The standard InChI is InChI=1S/C7H12N2O2/c8-7(6(10)11)4-9-2-1-5(7)3-9/h5H,1-4,8H2,(H,10,11)/t5-,7-/m1/s1. The molecule has 0 aromatic heterocycles. The summed E-state index contributed by atoms with van der Waals surface area (Å²) >= 11 is 0. The third-order valence-corrected chi connectivity index (χ3v) is 2.88. The van der Waals surface area contributed by atoms with Crippen LogP contribution in [0, 0.1) is 5.92 Å². The summed E-state index contributed by atoms with van der Waals surface area (Å²) in [6.45, 7) is 2.44. The zero-order valence-electron chi connectivity index (χ0n) is 6.29. The van der Waals surface area contributed by atoms with E-state index in [9.17, 15) is 4.79 Å². The maximum Gasteiger partial charge on any atom is 0.325 e. The van der Waals surface area contributed by atoms with Crippen LogP contribution in [0.5, 0.6) is 0 Å². The predicted molar refractivity (Wildman–Crippen MR) is 39.1 cm³/mol. The number of aliphatic carboxylic acids is 1. The van der Waals surface area contributed by atoms with Gasteiger partial charge in [-0.2, -0.15) is 0 Å². The Morgan fingerprint density at radius 3 is 2.73 bits per heavy atom. The number of carbonyl (C=O) groups is 1. The Labute approximate surface area is 65.0 Å². The maximum absolute atomic E-state index is 10.8. The number of hydrogen-bond acceptors (Lipinski definition) is 3. The van der Waals surface area contributed by atoms with Gasteiger partial charge in [0.2, 0.25) is 0 Å². The van der Waals surface area contributed by atoms with Crippen molar-refractivity contribution in [3.63, 3.8) is 0 Å². The number of piperidine rings is 1. The topological polar surface area (TPSA) is 66.6 Å². The molecule has 3 N–H and O–H groups in total. The molecule has 1 unspecified atom stereocenters. The second kappa shape index (κ2) is 1.95. The van der Waals surface area contributed by atoms with Gasteiger partial charge in [-0.25, -0.2) is 0 Å². The Morgan fingerprint density at radius 1 is 1.73 bits per heavy atom. The molecule has 0 amide bonds. The van der Waals surface area contributed by atoms with E-state index in [0.29, 0.717) is 6.54 Å². The van der Waals surface area contributed by atoms with E-state index in [4.69, 9.17) is 10.8 Å². The monoisotopic (exact) mass is 156 g/mol. The van der Waals surface area contributed by atoms with E-state index >= 15 is 0 Å². The van der Waals surface area contributed by atoms with Crippen LogP contribution < -0.4 is 5.73 Å². The quantitative estimate of drug-likeness (QED) is 0.516. The zero-order chi connectivity index (χ0) is 8.06. The molecule has 0 saturated carbocycles. The van der Waals surface area contributed by atoms with Crippen molar-refractivity contribution in [2.24, 2.45) is 11.7 Å². The van der Waals surface area contributed by atoms with E-state index in [0.717, 1.165) is 19.5 Å². The van der Waals surface area contributed by atoms with Crippen LogP contribution in [0.1, 0.15) is 6.42 Å². The molecule has 62 valence electrons. The first-order chi connectivity index (χ1) is 5.13. The molecule has 2 saturated heterocycles. The number of nitrogens with zero attached hydrogens (tertiary/aromatic N) is 1. The largest absolute Gasteiger partial charge is 0.480 e. The summed E-state index contributed by atoms with van der Waals surface area (Å²) < 4.78 is 0. The third kappa shape index (κ3) is 0.795. The first-order valence-corrected chi connectivity index (χ1v) is 3.87. The molecule has 2 bridgehead atoms. The first-order valence-electron chi connectivity index (χ1n) is 3.87. The van der Waals surface area contributed by atoms with Crippen LogP contribution in [0.15, 0.2) is 0 Å². The van der Waals surface area contributed by atoms with Crippen molar-refractivity contribution in [2.75, 3.05) is 19.6 Å². The van der Waals surface area contributed by atoms with Crippen molar-refractivity contribution in [1.29, 1.82) is 0 Å². The highest BCUT2D eigenvalue weighted by molar-refractivity contribution is 5.80. The molecule has 2 rings (SSSR count). The van der Waals surface area contributed by atoms with Gasteiger partial charge in [-0.05, 0) is 13.0 Å². The third-order valence-electron chi connectivity index (χ3n) is 2.88. The maximum atomic E-state index is 10.8. The Kier molecular flexibility index (Phi) is 1.25. The smallest absolute Gasteiger partial charge is 0.325 e. The minimum Gasteiger partial charge on any atom is -0.480 e. The average molecular weight is 156 g/mol. The highest BCUT2D eigenvalue weighted by Crippen LogP contribution is 2.34. The fourth-order valence-corrected chi connectivity index (χ4v) is 2.14. The molecule has 2 fully saturated rings. The van der Waals surface area contributed by atoms with E-state index in [-0.39, 0.29) is 5.92 Å². The summed E-state index contributed by atoms with van der Waals surface area (Å²) in [6.07, 6.45) is 0.947. The first kappa shape index (κ1) is 7.06. The molecular formula is C7H12N2O2. The van der Waals surface area contributed by atoms with Crippen molar-refractivity contribution < 1.29 is 9.90 Å². The van der Waals surface area contributed by atoms with Gasteiger partial charge in [-0.3, -0.25) is 4.79 Å². The summed E-state index contributed by atoms with van der Waals surface area (Å²) in [4.78, 5) is 12.9. The van der Waals surface area contributed by atoms with Gasteiger partial charge >= 0.3 is 5.97 Å². The summed E-state index contributed by atoms with van der Waals surface area (Å²) in [5.74, 6) is -0.662. The molecule has 2 heterocycles. The van der Waals surface area contributed by atoms with E-state index < -0.39 is 11.5 Å². The van der Waals surface area contributed by atoms with Crippen LogP contribution in [0.3, 0.4) is 0 Å². The zero-order valence-corrected chi connectivity index (χ0v) is 6.29. The summed E-state index contributed by atoms with van der Waals surface area (Å²) in [6, 6.07) is 0. The van der Waals surface area contributed by atoms with Crippen molar-refractivity contribution in [2.45, 2.75) is 12.0 Å². The molecule has 0 aromatic carbocycles. The number of nitrogens with two attached hydrogens (primary N) is 1. The highest BCUT2D eigenvalue weighted by atomic mass is 16.4. The van der Waals surface area contributed by atoms with Gasteiger partial charge in [0, 0.05) is 19.0 Å². The number of fused-ring (bicyclic) bond motifs is 2. The van der Waals surface area contributed by atoms with E-state index in [1.165, 1.54) is 0 Å². The lowest BCUT2D eigenvalue weighted by Gasteiger charge is -2.28. The van der Waals surface area contributed by atoms with Crippen LogP contribution in [0.2, 0.25) is 0 Å². The van der Waals surface area contributed by atoms with Crippen molar-refractivity contribution in [3.05, 3.63) is 0 Å². The normalized spacial score (nSPS) is 48.1. The lowest BCUT2D eigenvalue weighted by molar-refractivity contribution is -0.144. The fraction of sp³-hybridized carbons (Fsp3) is 0.857. The van der Waals surface area contributed by atoms with Crippen LogP contribution in [-0.2, 0) is 4.79 Å². The molecule has 3 atom stereocenters. The molecule has 2 aliphatic heterocycles. The molecule has 4 heteroatoms. The molecule has 11 heavy (non-hydrogen) atoms. The number of carboxylic acid groups (broad SMARTS) is 1. The van der Waals surface area contributed by atoms with Gasteiger partial charge in [0.1, 0.15) is 5.54 Å². The lowest BCUT2D eigenvalue weighted by Crippen LogP contribution is -2.56. The van der Waals surface area contributed by atoms with E-state index in [1.807, 2.05) is 0 Å². The van der Waals surface area contributed by atoms with Crippen LogP contribution in [0.4, 0.5) is 0 Å². The Bertz CT molecular complexity index is 207. The van der Waals surface area contributed by atoms with Gasteiger partial charge in [0.15, 0.2) is 0 Å². The Balaban J connectivity index is 2.23. The van der Waals surface area contributed by atoms with Gasteiger partial charge in [0.25, 0.3) is 0 Å². The van der Waals surface area contributed by atoms with Gasteiger partial charge in [0.05, 0.1) is 0 Å². The molecule has 0 spiro atoms. The molecule has 0 aliphatic carbocycles. The van der Waals surface area contributed by atoms with Crippen LogP contribution in [0.25, 0.3) is 0 Å². The molecule has 0 radical (unpaired) electrons. The van der Waals surface area contributed by atoms with E-state index in [2.05, 4.69) is 4.90 Å². The van der Waals surface area contributed by atoms with Gasteiger partial charge in [-0.1, -0.05) is 0 Å². The van der Waals surface area contributed by atoms with Crippen molar-refractivity contribution in [3.8, 4) is 0 Å². The van der Waals surface area contributed by atoms with Gasteiger partial charge in [-0.15, -0.1) is 0 Å². The number of hydrogen-bond donors (Lipinski definition) is 2. The van der Waals surface area contributed by atoms with Crippen LogP contribution in [-0.4, -0.2) is 41.1 Å². The van der Waals surface area contributed by atoms with Crippen LogP contribution >= 0.6 is 0 Å². The summed E-state index contributed by atoms with van der Waals surface area (Å²) in [7, 11) is 0. The molecule has 4 nitrogen and oxygen atoms in total. The fourth-order valence-electron chi connectivity index (χ4n) is 2.14. The average Bonchev–Trinajstić information content (AvgIpc) is 2.45.